The Kier molecular flexibility index (Phi) is 2.01. The van der Waals surface area contributed by atoms with E-state index in [4.69, 9.17) is 0 Å². The van der Waals surface area contributed by atoms with Gasteiger partial charge in [-0.2, -0.15) is 0 Å². The Balaban J connectivity index is 2.30. The van der Waals surface area contributed by atoms with Crippen LogP contribution in [0.3, 0.4) is 0 Å². The lowest BCUT2D eigenvalue weighted by Gasteiger charge is -2.23. The topological polar surface area (TPSA) is 32.3 Å². The first kappa shape index (κ1) is 9.49. The Morgan fingerprint density at radius 1 is 1.06 bits per heavy atom. The van der Waals surface area contributed by atoms with Crippen molar-refractivity contribution in [3.8, 4) is 11.1 Å². The van der Waals surface area contributed by atoms with E-state index in [0.29, 0.717) is 0 Å². The fourth-order valence-electron chi connectivity index (χ4n) is 2.21. The van der Waals surface area contributed by atoms with Crippen molar-refractivity contribution in [1.82, 2.24) is 0 Å². The highest BCUT2D eigenvalue weighted by Gasteiger charge is 2.26. The summed E-state index contributed by atoms with van der Waals surface area (Å²) in [5.41, 5.74) is 5.44. The number of benzene rings is 2. The molecule has 3 heteroatoms. The minimum atomic E-state index is -0.606. The van der Waals surface area contributed by atoms with Gasteiger partial charge in [0.2, 0.25) is 0 Å². The van der Waals surface area contributed by atoms with Gasteiger partial charge in [0, 0.05) is 11.3 Å². The molecule has 0 atom stereocenters. The van der Waals surface area contributed by atoms with Crippen LogP contribution in [0.25, 0.3) is 11.1 Å². The molecule has 0 radical (unpaired) electrons. The fourth-order valence-corrected chi connectivity index (χ4v) is 2.21. The fraction of sp³-hybridized carbons (Fsp3) is 0.0769. The summed E-state index contributed by atoms with van der Waals surface area (Å²) >= 11 is 0. The van der Waals surface area contributed by atoms with Crippen molar-refractivity contribution in [2.24, 2.45) is 0 Å². The van der Waals surface area contributed by atoms with Gasteiger partial charge in [-0.3, -0.25) is 0 Å². The lowest BCUT2D eigenvalue weighted by atomic mass is 9.67. The van der Waals surface area contributed by atoms with Crippen LogP contribution in [0, 0.1) is 6.92 Å². The van der Waals surface area contributed by atoms with Crippen LogP contribution in [0.2, 0.25) is 0 Å². The van der Waals surface area contributed by atoms with Crippen LogP contribution >= 0.6 is 0 Å². The first-order valence-corrected chi connectivity index (χ1v) is 5.40. The van der Waals surface area contributed by atoms with E-state index in [9.17, 15) is 5.02 Å². The van der Waals surface area contributed by atoms with Gasteiger partial charge in [-0.25, -0.2) is 0 Å². The van der Waals surface area contributed by atoms with Gasteiger partial charge in [0.15, 0.2) is 0 Å². The van der Waals surface area contributed by atoms with Crippen LogP contribution in [-0.2, 0) is 0 Å². The first-order valence-electron chi connectivity index (χ1n) is 5.40. The Morgan fingerprint density at radius 2 is 1.88 bits per heavy atom. The zero-order valence-electron chi connectivity index (χ0n) is 9.07. The lowest BCUT2D eigenvalue weighted by molar-refractivity contribution is 0.593. The maximum absolute atomic E-state index is 9.99. The molecular formula is C13H12BNO. The number of para-hydroxylation sites is 1. The largest absolute Gasteiger partial charge is 0.447 e. The molecule has 2 nitrogen and oxygen atoms in total. The number of anilines is 1. The SMILES string of the molecule is Cc1ccc2c(c1)-c1ccccc1NB2O. The highest BCUT2D eigenvalue weighted by atomic mass is 16.2. The number of hydrogen-bond donors (Lipinski definition) is 2. The highest BCUT2D eigenvalue weighted by Crippen LogP contribution is 2.30. The molecular weight excluding hydrogens is 197 g/mol. The molecule has 2 aromatic carbocycles. The number of rotatable bonds is 0. The molecule has 0 aromatic heterocycles. The summed E-state index contributed by atoms with van der Waals surface area (Å²) in [5.74, 6) is 0. The molecule has 0 spiro atoms. The standard InChI is InChI=1S/C13H12BNO/c1-9-6-7-12-11(8-9)10-4-2-3-5-13(10)15-14(12)16/h2-8,15-16H,1H3. The van der Waals surface area contributed by atoms with Crippen molar-refractivity contribution in [2.45, 2.75) is 6.92 Å². The van der Waals surface area contributed by atoms with E-state index in [0.717, 1.165) is 22.3 Å². The normalized spacial score (nSPS) is 12.8. The Labute approximate surface area is 95.1 Å². The molecule has 16 heavy (non-hydrogen) atoms. The van der Waals surface area contributed by atoms with Gasteiger partial charge >= 0.3 is 7.05 Å². The van der Waals surface area contributed by atoms with E-state index in [2.05, 4.69) is 24.3 Å². The molecule has 0 bridgehead atoms. The minimum Gasteiger partial charge on any atom is -0.429 e. The van der Waals surface area contributed by atoms with Gasteiger partial charge in [0.05, 0.1) is 0 Å². The molecule has 78 valence electrons. The molecule has 1 heterocycles. The van der Waals surface area contributed by atoms with E-state index >= 15 is 0 Å². The second-order valence-corrected chi connectivity index (χ2v) is 4.18. The van der Waals surface area contributed by atoms with E-state index in [1.54, 1.807) is 0 Å². The summed E-state index contributed by atoms with van der Waals surface area (Å²) < 4.78 is 0. The molecule has 0 fully saturated rings. The van der Waals surface area contributed by atoms with Crippen molar-refractivity contribution in [3.63, 3.8) is 0 Å². The third kappa shape index (κ3) is 1.33. The van der Waals surface area contributed by atoms with Crippen LogP contribution in [0.1, 0.15) is 5.56 Å². The van der Waals surface area contributed by atoms with Gasteiger partial charge < -0.3 is 10.3 Å². The third-order valence-electron chi connectivity index (χ3n) is 3.01. The maximum Gasteiger partial charge on any atom is 0.447 e. The van der Waals surface area contributed by atoms with E-state index in [1.807, 2.05) is 30.3 Å². The molecule has 0 saturated heterocycles. The quantitative estimate of drug-likeness (QED) is 0.648. The molecule has 0 amide bonds. The third-order valence-corrected chi connectivity index (χ3v) is 3.01. The zero-order chi connectivity index (χ0) is 11.1. The van der Waals surface area contributed by atoms with Crippen molar-refractivity contribution >= 4 is 18.2 Å². The molecule has 1 aliphatic rings. The molecule has 2 N–H and O–H groups in total. The van der Waals surface area contributed by atoms with E-state index in [-0.39, 0.29) is 0 Å². The van der Waals surface area contributed by atoms with Crippen molar-refractivity contribution in [1.29, 1.82) is 0 Å². The van der Waals surface area contributed by atoms with Crippen molar-refractivity contribution in [2.75, 3.05) is 5.23 Å². The molecule has 1 aliphatic heterocycles. The Hall–Kier alpha value is -1.74. The molecule has 0 saturated carbocycles. The van der Waals surface area contributed by atoms with E-state index in [1.165, 1.54) is 5.56 Å². The van der Waals surface area contributed by atoms with Gasteiger partial charge in [-0.1, -0.05) is 42.0 Å². The van der Waals surface area contributed by atoms with Crippen LogP contribution in [0.5, 0.6) is 0 Å². The summed E-state index contributed by atoms with van der Waals surface area (Å²) in [7, 11) is -0.606. The summed E-state index contributed by atoms with van der Waals surface area (Å²) in [5, 5.41) is 13.1. The average Bonchev–Trinajstić information content (AvgIpc) is 2.29. The smallest absolute Gasteiger partial charge is 0.429 e. The van der Waals surface area contributed by atoms with Gasteiger partial charge in [0.1, 0.15) is 0 Å². The van der Waals surface area contributed by atoms with Crippen LogP contribution < -0.4 is 10.7 Å². The van der Waals surface area contributed by atoms with Crippen molar-refractivity contribution < 1.29 is 5.02 Å². The molecule has 0 unspecified atom stereocenters. The number of hydrogen-bond acceptors (Lipinski definition) is 2. The predicted molar refractivity (Wildman–Crippen MR) is 67.8 cm³/mol. The summed E-state index contributed by atoms with van der Waals surface area (Å²) in [6.07, 6.45) is 0. The summed E-state index contributed by atoms with van der Waals surface area (Å²) in [6, 6.07) is 14.2. The Morgan fingerprint density at radius 3 is 2.75 bits per heavy atom. The van der Waals surface area contributed by atoms with E-state index < -0.39 is 7.05 Å². The second-order valence-electron chi connectivity index (χ2n) is 4.18. The number of aryl methyl sites for hydroxylation is 1. The van der Waals surface area contributed by atoms with Gasteiger partial charge in [0.25, 0.3) is 0 Å². The molecule has 3 rings (SSSR count). The summed E-state index contributed by atoms with van der Waals surface area (Å²) in [6.45, 7) is 2.07. The lowest BCUT2D eigenvalue weighted by Crippen LogP contribution is -2.42. The molecule has 0 aliphatic carbocycles. The highest BCUT2D eigenvalue weighted by molar-refractivity contribution is 6.72. The number of nitrogens with one attached hydrogen (secondary N) is 1. The van der Waals surface area contributed by atoms with Crippen LogP contribution in [-0.4, -0.2) is 12.1 Å². The van der Waals surface area contributed by atoms with Crippen LogP contribution in [0.4, 0.5) is 5.69 Å². The average molecular weight is 209 g/mol. The Bertz CT molecular complexity index is 553. The zero-order valence-corrected chi connectivity index (χ0v) is 9.07. The monoisotopic (exact) mass is 209 g/mol. The number of fused-ring (bicyclic) bond motifs is 3. The minimum absolute atomic E-state index is 0.606. The van der Waals surface area contributed by atoms with Crippen molar-refractivity contribution in [3.05, 3.63) is 48.0 Å². The second kappa shape index (κ2) is 3.39. The molecule has 2 aromatic rings. The maximum atomic E-state index is 9.99. The van der Waals surface area contributed by atoms with Crippen LogP contribution in [0.15, 0.2) is 42.5 Å². The van der Waals surface area contributed by atoms with Gasteiger partial charge in [-0.15, -0.1) is 0 Å². The predicted octanol–water partition coefficient (Wildman–Crippen LogP) is 1.78. The van der Waals surface area contributed by atoms with Gasteiger partial charge in [-0.05, 0) is 24.0 Å². The first-order chi connectivity index (χ1) is 7.75. The summed E-state index contributed by atoms with van der Waals surface area (Å²) in [4.78, 5) is 0.